The van der Waals surface area contributed by atoms with E-state index in [1.165, 1.54) is 17.0 Å². The lowest BCUT2D eigenvalue weighted by Gasteiger charge is -2.28. The molecule has 1 aliphatic rings. The van der Waals surface area contributed by atoms with Crippen molar-refractivity contribution in [1.29, 1.82) is 0 Å². The lowest BCUT2D eigenvalue weighted by atomic mass is 10.0. The maximum Gasteiger partial charge on any atom is 0.233 e. The Kier molecular flexibility index (Phi) is 6.19. The third-order valence-corrected chi connectivity index (χ3v) is 4.41. The highest BCUT2D eigenvalue weighted by molar-refractivity contribution is 5.44. The predicted octanol–water partition coefficient (Wildman–Crippen LogP) is 3.65. The molecule has 4 heteroatoms. The summed E-state index contributed by atoms with van der Waals surface area (Å²) in [6, 6.07) is 11.1. The van der Waals surface area contributed by atoms with Gasteiger partial charge in [0.05, 0.1) is 5.60 Å². The number of hydrogen-bond donors (Lipinski definition) is 0. The second-order valence-electron chi connectivity index (χ2n) is 7.47. The van der Waals surface area contributed by atoms with E-state index in [0.29, 0.717) is 18.5 Å². The zero-order chi connectivity index (χ0) is 16.9. The summed E-state index contributed by atoms with van der Waals surface area (Å²) in [5, 5.41) is 1.45. The highest BCUT2D eigenvalue weighted by atomic mass is 16.7. The smallest absolute Gasteiger partial charge is 0.233 e. The number of likely N-dealkylation sites (tertiary alicyclic amines) is 1. The predicted molar refractivity (Wildman–Crippen MR) is 92.8 cm³/mol. The summed E-state index contributed by atoms with van der Waals surface area (Å²) in [5.74, 6) is 0.632. The molecule has 1 aromatic rings. The molecule has 0 saturated carbocycles. The molecule has 0 radical (unpaired) electrons. The van der Waals surface area contributed by atoms with Crippen LogP contribution in [0.2, 0.25) is 0 Å². The van der Waals surface area contributed by atoms with Crippen LogP contribution in [-0.2, 0) is 9.63 Å². The van der Waals surface area contributed by atoms with E-state index in [0.717, 1.165) is 25.9 Å². The van der Waals surface area contributed by atoms with E-state index in [2.05, 4.69) is 42.2 Å². The molecule has 4 nitrogen and oxygen atoms in total. The molecule has 1 amide bonds. The lowest BCUT2D eigenvalue weighted by molar-refractivity contribution is -0.216. The van der Waals surface area contributed by atoms with Crippen molar-refractivity contribution in [3.05, 3.63) is 35.9 Å². The summed E-state index contributed by atoms with van der Waals surface area (Å²) in [5.41, 5.74) is 1.04. The van der Waals surface area contributed by atoms with Gasteiger partial charge in [-0.3, -0.25) is 14.5 Å². The Labute approximate surface area is 140 Å². The van der Waals surface area contributed by atoms with Gasteiger partial charge in [0.2, 0.25) is 6.41 Å². The fraction of sp³-hybridized carbons (Fsp3) is 0.632. The van der Waals surface area contributed by atoms with Gasteiger partial charge in [-0.05, 0) is 58.6 Å². The minimum atomic E-state index is -0.329. The largest absolute Gasteiger partial charge is 0.296 e. The quantitative estimate of drug-likeness (QED) is 0.568. The number of nitrogens with zero attached hydrogens (tertiary/aromatic N) is 2. The second kappa shape index (κ2) is 7.93. The van der Waals surface area contributed by atoms with E-state index in [1.54, 1.807) is 0 Å². The van der Waals surface area contributed by atoms with E-state index in [9.17, 15) is 4.79 Å². The van der Waals surface area contributed by atoms with Gasteiger partial charge < -0.3 is 0 Å². The second-order valence-corrected chi connectivity index (χ2v) is 7.47. The van der Waals surface area contributed by atoms with Crippen molar-refractivity contribution in [2.75, 3.05) is 19.6 Å². The van der Waals surface area contributed by atoms with Crippen molar-refractivity contribution in [2.24, 2.45) is 5.92 Å². The minimum Gasteiger partial charge on any atom is -0.296 e. The van der Waals surface area contributed by atoms with E-state index < -0.39 is 0 Å². The number of rotatable bonds is 7. The third kappa shape index (κ3) is 5.63. The van der Waals surface area contributed by atoms with Crippen molar-refractivity contribution in [3.63, 3.8) is 0 Å². The fourth-order valence-electron chi connectivity index (χ4n) is 3.17. The van der Waals surface area contributed by atoms with Crippen LogP contribution in [0.4, 0.5) is 0 Å². The van der Waals surface area contributed by atoms with E-state index in [4.69, 9.17) is 4.84 Å². The molecule has 0 aromatic heterocycles. The minimum absolute atomic E-state index is 0.329. The van der Waals surface area contributed by atoms with Gasteiger partial charge in [-0.15, -0.1) is 0 Å². The van der Waals surface area contributed by atoms with Crippen molar-refractivity contribution < 1.29 is 9.63 Å². The number of amides is 1. The van der Waals surface area contributed by atoms with Gasteiger partial charge in [-0.2, -0.15) is 0 Å². The Balaban J connectivity index is 1.80. The van der Waals surface area contributed by atoms with E-state index in [-0.39, 0.29) is 5.60 Å². The highest BCUT2D eigenvalue weighted by Gasteiger charge is 2.27. The maximum absolute atomic E-state index is 11.1. The molecule has 1 fully saturated rings. The van der Waals surface area contributed by atoms with Crippen molar-refractivity contribution in [2.45, 2.75) is 52.2 Å². The van der Waals surface area contributed by atoms with Gasteiger partial charge in [0.25, 0.3) is 0 Å². The molecule has 1 aliphatic heterocycles. The highest BCUT2D eigenvalue weighted by Crippen LogP contribution is 2.28. The lowest BCUT2D eigenvalue weighted by Crippen LogP contribution is -2.34. The number of hydroxylamine groups is 2. The standard InChI is InChI=1S/C19H30N2O2/c1-16(18-8-6-5-7-9-18)20-12-10-17(14-20)11-13-21(15-22)23-19(2,3)4/h5-9,15-17H,10-14H2,1-4H3/t16?,17-/m0/s1. The monoisotopic (exact) mass is 318 g/mol. The first kappa shape index (κ1) is 18.0. The van der Waals surface area contributed by atoms with Crippen LogP contribution in [0.25, 0.3) is 0 Å². The number of benzene rings is 1. The first-order chi connectivity index (χ1) is 10.9. The first-order valence-electron chi connectivity index (χ1n) is 8.59. The molecule has 0 aliphatic carbocycles. The summed E-state index contributed by atoms with van der Waals surface area (Å²) in [6.45, 7) is 11.0. The topological polar surface area (TPSA) is 32.8 Å². The molecular formula is C19H30N2O2. The van der Waals surface area contributed by atoms with Crippen LogP contribution in [0.1, 0.15) is 52.1 Å². The molecule has 0 bridgehead atoms. The van der Waals surface area contributed by atoms with Crippen LogP contribution in [0, 0.1) is 5.92 Å². The summed E-state index contributed by atoms with van der Waals surface area (Å²) in [4.78, 5) is 19.3. The molecule has 1 heterocycles. The number of hydrogen-bond acceptors (Lipinski definition) is 3. The molecule has 1 saturated heterocycles. The zero-order valence-corrected chi connectivity index (χ0v) is 14.9. The molecule has 2 atom stereocenters. The van der Waals surface area contributed by atoms with Gasteiger partial charge >= 0.3 is 0 Å². The Morgan fingerprint density at radius 3 is 2.65 bits per heavy atom. The number of carbonyl (C=O) groups excluding carboxylic acids is 1. The third-order valence-electron chi connectivity index (χ3n) is 4.41. The van der Waals surface area contributed by atoms with Gasteiger partial charge in [0, 0.05) is 19.1 Å². The Morgan fingerprint density at radius 1 is 1.35 bits per heavy atom. The maximum atomic E-state index is 11.1. The van der Waals surface area contributed by atoms with Gasteiger partial charge in [-0.1, -0.05) is 30.3 Å². The normalized spacial score (nSPS) is 20.4. The molecular weight excluding hydrogens is 288 g/mol. The first-order valence-corrected chi connectivity index (χ1v) is 8.59. The summed E-state index contributed by atoms with van der Waals surface area (Å²) < 4.78 is 0. The summed E-state index contributed by atoms with van der Waals surface area (Å²) in [6.07, 6.45) is 2.98. The van der Waals surface area contributed by atoms with E-state index in [1.807, 2.05) is 20.8 Å². The van der Waals surface area contributed by atoms with E-state index >= 15 is 0 Å². The van der Waals surface area contributed by atoms with Crippen LogP contribution >= 0.6 is 0 Å². The van der Waals surface area contributed by atoms with Crippen molar-refractivity contribution in [1.82, 2.24) is 9.96 Å². The van der Waals surface area contributed by atoms with Crippen molar-refractivity contribution >= 4 is 6.41 Å². The van der Waals surface area contributed by atoms with Crippen LogP contribution < -0.4 is 0 Å². The average Bonchev–Trinajstić information content (AvgIpc) is 2.99. The Bertz CT molecular complexity index is 484. The van der Waals surface area contributed by atoms with Crippen LogP contribution in [-0.4, -0.2) is 41.6 Å². The summed E-state index contributed by atoms with van der Waals surface area (Å²) in [7, 11) is 0. The summed E-state index contributed by atoms with van der Waals surface area (Å²) >= 11 is 0. The number of carbonyl (C=O) groups is 1. The van der Waals surface area contributed by atoms with Gasteiger partial charge in [0.1, 0.15) is 0 Å². The van der Waals surface area contributed by atoms with Gasteiger partial charge in [0.15, 0.2) is 0 Å². The molecule has 1 unspecified atom stereocenters. The zero-order valence-electron chi connectivity index (χ0n) is 14.9. The van der Waals surface area contributed by atoms with Crippen LogP contribution in [0.3, 0.4) is 0 Å². The van der Waals surface area contributed by atoms with Crippen LogP contribution in [0.15, 0.2) is 30.3 Å². The average molecular weight is 318 g/mol. The molecule has 2 rings (SSSR count). The molecule has 23 heavy (non-hydrogen) atoms. The molecule has 0 spiro atoms. The molecule has 0 N–H and O–H groups in total. The van der Waals surface area contributed by atoms with Crippen molar-refractivity contribution in [3.8, 4) is 0 Å². The molecule has 128 valence electrons. The Morgan fingerprint density at radius 2 is 2.04 bits per heavy atom. The van der Waals surface area contributed by atoms with Crippen LogP contribution in [0.5, 0.6) is 0 Å². The van der Waals surface area contributed by atoms with Gasteiger partial charge in [-0.25, -0.2) is 5.06 Å². The fourth-order valence-corrected chi connectivity index (χ4v) is 3.17. The molecule has 1 aromatic carbocycles. The SMILES string of the molecule is CC(c1ccccc1)N1CC[C@@H](CCN(C=O)OC(C)(C)C)C1. The Hall–Kier alpha value is -1.39.